The van der Waals surface area contributed by atoms with Crippen LogP contribution in [0, 0.1) is 6.92 Å². The quantitative estimate of drug-likeness (QED) is 0.805. The lowest BCUT2D eigenvalue weighted by atomic mass is 10.0. The number of thiophene rings is 1. The van der Waals surface area contributed by atoms with Gasteiger partial charge in [-0.15, -0.1) is 11.3 Å². The summed E-state index contributed by atoms with van der Waals surface area (Å²) in [5, 5.41) is 7.31. The van der Waals surface area contributed by atoms with E-state index >= 15 is 0 Å². The molecule has 0 bridgehead atoms. The van der Waals surface area contributed by atoms with Crippen LogP contribution in [-0.4, -0.2) is 18.0 Å². The Balaban J connectivity index is 2.07. The van der Waals surface area contributed by atoms with E-state index in [1.807, 2.05) is 0 Å². The van der Waals surface area contributed by atoms with Crippen LogP contribution in [0.15, 0.2) is 41.8 Å². The third-order valence-corrected chi connectivity index (χ3v) is 5.14. The molecule has 1 atom stereocenters. The van der Waals surface area contributed by atoms with Crippen molar-refractivity contribution in [3.05, 3.63) is 57.8 Å². The molecular weight excluding hydrogens is 304 g/mol. The summed E-state index contributed by atoms with van der Waals surface area (Å²) < 4.78 is 0. The minimum Gasteiger partial charge on any atom is -0.346 e. The number of nitrogens with two attached hydrogens (primary N) is 1. The van der Waals surface area contributed by atoms with E-state index in [4.69, 9.17) is 0 Å². The Labute approximate surface area is 143 Å². The van der Waals surface area contributed by atoms with E-state index < -0.39 is 0 Å². The van der Waals surface area contributed by atoms with Crippen molar-refractivity contribution in [1.82, 2.24) is 5.32 Å². The molecule has 0 fully saturated rings. The van der Waals surface area contributed by atoms with Gasteiger partial charge in [0.1, 0.15) is 6.04 Å². The third kappa shape index (κ3) is 5.19. The van der Waals surface area contributed by atoms with E-state index in [0.29, 0.717) is 6.54 Å². The highest BCUT2D eigenvalue weighted by Crippen LogP contribution is 2.22. The molecule has 0 aliphatic heterocycles. The average Bonchev–Trinajstić information content (AvgIpc) is 3.03. The minimum absolute atomic E-state index is 0.0884. The normalized spacial score (nSPS) is 12.9. The first kappa shape index (κ1) is 17.7. The summed E-state index contributed by atoms with van der Waals surface area (Å²) >= 11 is 1.74. The molecule has 3 N–H and O–H groups in total. The van der Waals surface area contributed by atoms with Gasteiger partial charge < -0.3 is 10.6 Å². The van der Waals surface area contributed by atoms with E-state index in [-0.39, 0.29) is 17.5 Å². The van der Waals surface area contributed by atoms with E-state index in [1.165, 1.54) is 16.0 Å². The number of amides is 1. The average molecular weight is 332 g/mol. The van der Waals surface area contributed by atoms with Crippen LogP contribution in [0.5, 0.6) is 0 Å². The zero-order valence-electron chi connectivity index (χ0n) is 14.4. The van der Waals surface area contributed by atoms with Crippen molar-refractivity contribution in [2.45, 2.75) is 45.7 Å². The van der Waals surface area contributed by atoms with Gasteiger partial charge in [0.25, 0.3) is 5.91 Å². The molecule has 4 heteroatoms. The van der Waals surface area contributed by atoms with Gasteiger partial charge in [-0.2, -0.15) is 0 Å². The lowest BCUT2D eigenvalue weighted by Gasteiger charge is -2.24. The van der Waals surface area contributed by atoms with Gasteiger partial charge in [-0.25, -0.2) is 0 Å². The smallest absolute Gasteiger partial charge is 0.275 e. The summed E-state index contributed by atoms with van der Waals surface area (Å²) in [7, 11) is 0. The van der Waals surface area contributed by atoms with Crippen molar-refractivity contribution < 1.29 is 10.1 Å². The lowest BCUT2D eigenvalue weighted by Crippen LogP contribution is -2.88. The number of carbonyl (C=O) groups excluding carboxylic acids is 1. The van der Waals surface area contributed by atoms with Gasteiger partial charge in [0.05, 0.1) is 4.88 Å². The van der Waals surface area contributed by atoms with Crippen molar-refractivity contribution in [1.29, 1.82) is 0 Å². The van der Waals surface area contributed by atoms with Crippen molar-refractivity contribution in [2.24, 2.45) is 0 Å². The standard InChI is InChI=1S/C19H26N2OS/c1-5-19(3,4)21-17(22)13-20-18(16-7-6-12-23-16)15-10-8-14(2)9-11-15/h6-12,18,20H,5,13H2,1-4H3,(H,21,22)/p+1/t18-/m0/s1. The molecule has 0 radical (unpaired) electrons. The van der Waals surface area contributed by atoms with E-state index in [9.17, 15) is 4.79 Å². The predicted octanol–water partition coefficient (Wildman–Crippen LogP) is 3.01. The number of nitrogens with one attached hydrogen (secondary N) is 1. The van der Waals surface area contributed by atoms with Gasteiger partial charge in [-0.05, 0) is 38.6 Å². The first-order valence-electron chi connectivity index (χ1n) is 8.15. The second-order valence-electron chi connectivity index (χ2n) is 6.63. The molecule has 2 aromatic rings. The summed E-state index contributed by atoms with van der Waals surface area (Å²) in [5.74, 6) is 0.0884. The molecule has 0 spiro atoms. The fourth-order valence-corrected chi connectivity index (χ4v) is 3.25. The predicted molar refractivity (Wildman–Crippen MR) is 96.6 cm³/mol. The van der Waals surface area contributed by atoms with Crippen LogP contribution in [0.1, 0.15) is 49.2 Å². The number of quaternary nitrogens is 1. The van der Waals surface area contributed by atoms with Crippen molar-refractivity contribution in [3.63, 3.8) is 0 Å². The number of rotatable bonds is 7. The SMILES string of the molecule is CCC(C)(C)NC(=O)C[NH2+][C@@H](c1ccc(C)cc1)c1cccs1. The Morgan fingerprint density at radius 3 is 2.52 bits per heavy atom. The molecule has 0 unspecified atom stereocenters. The summed E-state index contributed by atoms with van der Waals surface area (Å²) in [6.45, 7) is 8.72. The van der Waals surface area contributed by atoms with Gasteiger partial charge >= 0.3 is 0 Å². The lowest BCUT2D eigenvalue weighted by molar-refractivity contribution is -0.676. The van der Waals surface area contributed by atoms with Gasteiger partial charge in [0, 0.05) is 11.1 Å². The van der Waals surface area contributed by atoms with E-state index in [1.54, 1.807) is 11.3 Å². The molecular formula is C19H27N2OS+. The number of aryl methyl sites for hydroxylation is 1. The molecule has 1 amide bonds. The number of carbonyl (C=O) groups is 1. The monoisotopic (exact) mass is 331 g/mol. The van der Waals surface area contributed by atoms with Crippen LogP contribution < -0.4 is 10.6 Å². The summed E-state index contributed by atoms with van der Waals surface area (Å²) in [6.07, 6.45) is 0.922. The molecule has 3 nitrogen and oxygen atoms in total. The van der Waals surface area contributed by atoms with Crippen LogP contribution in [0.25, 0.3) is 0 Å². The van der Waals surface area contributed by atoms with Crippen molar-refractivity contribution in [3.8, 4) is 0 Å². The Bertz CT molecular complexity index is 617. The number of hydrogen-bond acceptors (Lipinski definition) is 2. The Morgan fingerprint density at radius 1 is 1.26 bits per heavy atom. The molecule has 0 aliphatic rings. The first-order valence-corrected chi connectivity index (χ1v) is 9.03. The molecule has 124 valence electrons. The fourth-order valence-electron chi connectivity index (χ4n) is 2.40. The van der Waals surface area contributed by atoms with Gasteiger partial charge in [0.2, 0.25) is 0 Å². The molecule has 1 aromatic heterocycles. The first-order chi connectivity index (χ1) is 10.9. The summed E-state index contributed by atoms with van der Waals surface area (Å²) in [4.78, 5) is 13.5. The highest BCUT2D eigenvalue weighted by Gasteiger charge is 2.22. The van der Waals surface area contributed by atoms with Gasteiger partial charge in [-0.1, -0.05) is 42.8 Å². The van der Waals surface area contributed by atoms with Crippen molar-refractivity contribution in [2.75, 3.05) is 6.54 Å². The topological polar surface area (TPSA) is 45.7 Å². The largest absolute Gasteiger partial charge is 0.346 e. The third-order valence-electron chi connectivity index (χ3n) is 4.19. The Morgan fingerprint density at radius 2 is 1.96 bits per heavy atom. The van der Waals surface area contributed by atoms with Crippen LogP contribution in [0.3, 0.4) is 0 Å². The van der Waals surface area contributed by atoms with Gasteiger partial charge in [0.15, 0.2) is 6.54 Å². The fraction of sp³-hybridized carbons (Fsp3) is 0.421. The highest BCUT2D eigenvalue weighted by molar-refractivity contribution is 7.10. The summed E-state index contributed by atoms with van der Waals surface area (Å²) in [5.41, 5.74) is 2.34. The Kier molecular flexibility index (Phi) is 5.97. The van der Waals surface area contributed by atoms with E-state index in [2.05, 4.69) is 80.1 Å². The molecule has 23 heavy (non-hydrogen) atoms. The molecule has 0 saturated heterocycles. The molecule has 0 saturated carbocycles. The molecule has 0 aliphatic carbocycles. The second kappa shape index (κ2) is 7.75. The van der Waals surface area contributed by atoms with Crippen molar-refractivity contribution >= 4 is 17.2 Å². The molecule has 1 heterocycles. The maximum absolute atomic E-state index is 12.2. The van der Waals surface area contributed by atoms with Crippen LogP contribution in [0.4, 0.5) is 0 Å². The van der Waals surface area contributed by atoms with Crippen LogP contribution in [-0.2, 0) is 4.79 Å². The van der Waals surface area contributed by atoms with Gasteiger partial charge in [-0.3, -0.25) is 4.79 Å². The summed E-state index contributed by atoms with van der Waals surface area (Å²) in [6, 6.07) is 12.9. The zero-order valence-corrected chi connectivity index (χ0v) is 15.2. The zero-order chi connectivity index (χ0) is 16.9. The van der Waals surface area contributed by atoms with Crippen LogP contribution in [0.2, 0.25) is 0 Å². The number of benzene rings is 1. The highest BCUT2D eigenvalue weighted by atomic mass is 32.1. The minimum atomic E-state index is -0.146. The second-order valence-corrected chi connectivity index (χ2v) is 7.61. The van der Waals surface area contributed by atoms with Crippen LogP contribution >= 0.6 is 11.3 Å². The van der Waals surface area contributed by atoms with E-state index in [0.717, 1.165) is 6.42 Å². The maximum Gasteiger partial charge on any atom is 0.275 e. The molecule has 1 aromatic carbocycles. The maximum atomic E-state index is 12.2. The molecule has 2 rings (SSSR count). The Hall–Kier alpha value is -1.65. The number of hydrogen-bond donors (Lipinski definition) is 2.